The number of hydrogen-bond donors (Lipinski definition) is 1. The number of benzene rings is 2. The van der Waals surface area contributed by atoms with Gasteiger partial charge in [-0.2, -0.15) is 5.10 Å². The minimum Gasteiger partial charge on any atom is -0.354 e. The number of nitrogens with one attached hydrogen (secondary N) is 1. The molecule has 0 fully saturated rings. The number of rotatable bonds is 3. The van der Waals surface area contributed by atoms with Gasteiger partial charge in [0.15, 0.2) is 0 Å². The van der Waals surface area contributed by atoms with Crippen molar-refractivity contribution in [2.75, 3.05) is 0 Å². The Kier molecular flexibility index (Phi) is 4.18. The van der Waals surface area contributed by atoms with Gasteiger partial charge in [-0.25, -0.2) is 4.39 Å². The summed E-state index contributed by atoms with van der Waals surface area (Å²) in [6, 6.07) is 20.3. The molecule has 2 aromatic carbocycles. The molecular formula is C23H16ClFN4. The van der Waals surface area contributed by atoms with E-state index in [0.717, 1.165) is 39.2 Å². The predicted octanol–water partition coefficient (Wildman–Crippen LogP) is 6.09. The maximum atomic E-state index is 13.7. The van der Waals surface area contributed by atoms with Gasteiger partial charge >= 0.3 is 0 Å². The third-order valence-corrected chi connectivity index (χ3v) is 5.27. The smallest absolute Gasteiger partial charge is 0.123 e. The van der Waals surface area contributed by atoms with Gasteiger partial charge in [0.1, 0.15) is 11.5 Å². The molecule has 1 N–H and O–H groups in total. The molecule has 3 heterocycles. The summed E-state index contributed by atoms with van der Waals surface area (Å²) < 4.78 is 15.5. The average molecular weight is 403 g/mol. The van der Waals surface area contributed by atoms with E-state index in [-0.39, 0.29) is 5.82 Å². The van der Waals surface area contributed by atoms with Crippen LogP contribution in [0.5, 0.6) is 0 Å². The highest BCUT2D eigenvalue weighted by Crippen LogP contribution is 2.33. The number of halogens is 2. The molecule has 0 atom stereocenters. The minimum atomic E-state index is -0.319. The second kappa shape index (κ2) is 6.87. The number of aromatic nitrogens is 4. The van der Waals surface area contributed by atoms with Crippen LogP contribution in [0.25, 0.3) is 44.8 Å². The summed E-state index contributed by atoms with van der Waals surface area (Å²) in [5, 5.41) is 6.12. The van der Waals surface area contributed by atoms with Crippen molar-refractivity contribution in [1.29, 1.82) is 0 Å². The van der Waals surface area contributed by atoms with E-state index >= 15 is 0 Å². The molecule has 0 radical (unpaired) electrons. The van der Waals surface area contributed by atoms with E-state index in [1.165, 1.54) is 12.1 Å². The first kappa shape index (κ1) is 17.6. The molecule has 5 aromatic rings. The summed E-state index contributed by atoms with van der Waals surface area (Å²) in [6.45, 7) is 0. The van der Waals surface area contributed by atoms with Crippen molar-refractivity contribution >= 4 is 22.5 Å². The Morgan fingerprint density at radius 3 is 2.69 bits per heavy atom. The van der Waals surface area contributed by atoms with E-state index in [1.807, 2.05) is 54.2 Å². The van der Waals surface area contributed by atoms with E-state index in [0.29, 0.717) is 10.6 Å². The molecule has 0 spiro atoms. The van der Waals surface area contributed by atoms with Crippen LogP contribution in [0.15, 0.2) is 72.9 Å². The van der Waals surface area contributed by atoms with E-state index in [9.17, 15) is 4.39 Å². The molecule has 0 aliphatic carbocycles. The predicted molar refractivity (Wildman–Crippen MR) is 114 cm³/mol. The Balaban J connectivity index is 1.57. The quantitative estimate of drug-likeness (QED) is 0.397. The highest BCUT2D eigenvalue weighted by molar-refractivity contribution is 6.33. The van der Waals surface area contributed by atoms with E-state index < -0.39 is 0 Å². The molecule has 0 saturated carbocycles. The molecule has 0 bridgehead atoms. The summed E-state index contributed by atoms with van der Waals surface area (Å²) in [5.41, 5.74) is 6.05. The molecule has 0 unspecified atom stereocenters. The van der Waals surface area contributed by atoms with E-state index in [4.69, 9.17) is 11.6 Å². The van der Waals surface area contributed by atoms with E-state index in [2.05, 4.69) is 21.1 Å². The van der Waals surface area contributed by atoms with Gasteiger partial charge in [0, 0.05) is 41.0 Å². The average Bonchev–Trinajstić information content (AvgIpc) is 3.33. The van der Waals surface area contributed by atoms with Gasteiger partial charge in [-0.3, -0.25) is 9.67 Å². The number of aryl methyl sites for hydroxylation is 1. The van der Waals surface area contributed by atoms with E-state index in [1.54, 1.807) is 12.3 Å². The van der Waals surface area contributed by atoms with Crippen molar-refractivity contribution in [3.63, 3.8) is 0 Å². The second-order valence-electron chi connectivity index (χ2n) is 6.86. The maximum Gasteiger partial charge on any atom is 0.123 e. The van der Waals surface area contributed by atoms with Crippen LogP contribution in [0.4, 0.5) is 4.39 Å². The van der Waals surface area contributed by atoms with Crippen LogP contribution in [-0.2, 0) is 7.05 Å². The Morgan fingerprint density at radius 1 is 0.966 bits per heavy atom. The largest absolute Gasteiger partial charge is 0.354 e. The lowest BCUT2D eigenvalue weighted by atomic mass is 10.1. The van der Waals surface area contributed by atoms with Gasteiger partial charge in [-0.05, 0) is 54.6 Å². The van der Waals surface area contributed by atoms with Crippen LogP contribution >= 0.6 is 11.6 Å². The molecule has 6 heteroatoms. The first-order valence-electron chi connectivity index (χ1n) is 9.12. The zero-order chi connectivity index (χ0) is 20.0. The zero-order valence-corrected chi connectivity index (χ0v) is 16.3. The molecule has 0 saturated heterocycles. The molecule has 4 nitrogen and oxygen atoms in total. The van der Waals surface area contributed by atoms with Crippen molar-refractivity contribution in [2.45, 2.75) is 0 Å². The van der Waals surface area contributed by atoms with Gasteiger partial charge in [0.25, 0.3) is 0 Å². The lowest BCUT2D eigenvalue weighted by Crippen LogP contribution is -1.93. The molecule has 0 amide bonds. The zero-order valence-electron chi connectivity index (χ0n) is 15.5. The number of aromatic amines is 1. The van der Waals surface area contributed by atoms with Crippen LogP contribution in [0, 0.1) is 5.82 Å². The van der Waals surface area contributed by atoms with Crippen molar-refractivity contribution in [1.82, 2.24) is 19.7 Å². The Hall–Kier alpha value is -3.44. The number of H-pyrrole nitrogens is 1. The molecule has 0 aliphatic rings. The fourth-order valence-electron chi connectivity index (χ4n) is 3.52. The van der Waals surface area contributed by atoms with Crippen LogP contribution in [0.1, 0.15) is 0 Å². The summed E-state index contributed by atoms with van der Waals surface area (Å²) in [7, 11) is 1.92. The standard InChI is InChI=1S/C23H16ClFN4/c1-29-23(13-22(28-29)20-4-2-3-9-26-20)14-5-8-19-15(10-14)11-21(27-19)17-12-16(25)6-7-18(17)24/h2-13,27H,1H3. The summed E-state index contributed by atoms with van der Waals surface area (Å²) in [4.78, 5) is 7.70. The number of nitrogens with zero attached hydrogens (tertiary/aromatic N) is 3. The van der Waals surface area contributed by atoms with Gasteiger partial charge in [-0.15, -0.1) is 0 Å². The lowest BCUT2D eigenvalue weighted by molar-refractivity contribution is 0.628. The fraction of sp³-hybridized carbons (Fsp3) is 0.0435. The molecular weight excluding hydrogens is 387 g/mol. The van der Waals surface area contributed by atoms with Crippen LogP contribution in [-0.4, -0.2) is 19.7 Å². The number of pyridine rings is 1. The normalized spacial score (nSPS) is 11.3. The Morgan fingerprint density at radius 2 is 1.86 bits per heavy atom. The summed E-state index contributed by atoms with van der Waals surface area (Å²) in [5.74, 6) is -0.319. The first-order chi connectivity index (χ1) is 14.1. The second-order valence-corrected chi connectivity index (χ2v) is 7.27. The maximum absolute atomic E-state index is 13.7. The van der Waals surface area contributed by atoms with Gasteiger partial charge in [0.05, 0.1) is 16.4 Å². The topological polar surface area (TPSA) is 46.5 Å². The molecule has 0 aliphatic heterocycles. The highest BCUT2D eigenvalue weighted by atomic mass is 35.5. The summed E-state index contributed by atoms with van der Waals surface area (Å²) in [6.07, 6.45) is 1.76. The SMILES string of the molecule is Cn1nc(-c2ccccn2)cc1-c1ccc2[nH]c(-c3cc(F)ccc3Cl)cc2c1. The molecule has 142 valence electrons. The molecule has 5 rings (SSSR count). The monoisotopic (exact) mass is 402 g/mol. The third kappa shape index (κ3) is 3.19. The van der Waals surface area contributed by atoms with Gasteiger partial charge < -0.3 is 4.98 Å². The highest BCUT2D eigenvalue weighted by Gasteiger charge is 2.13. The van der Waals surface area contributed by atoms with Crippen molar-refractivity contribution in [2.24, 2.45) is 7.05 Å². The Bertz CT molecular complexity index is 1340. The number of fused-ring (bicyclic) bond motifs is 1. The van der Waals surface area contributed by atoms with Crippen LogP contribution < -0.4 is 0 Å². The van der Waals surface area contributed by atoms with Gasteiger partial charge in [-0.1, -0.05) is 23.7 Å². The molecule has 29 heavy (non-hydrogen) atoms. The van der Waals surface area contributed by atoms with Gasteiger partial charge in [0.2, 0.25) is 0 Å². The molecule has 3 aromatic heterocycles. The van der Waals surface area contributed by atoms with Crippen molar-refractivity contribution in [3.05, 3.63) is 83.8 Å². The first-order valence-corrected chi connectivity index (χ1v) is 9.50. The Labute approximate surface area is 171 Å². The van der Waals surface area contributed by atoms with Crippen LogP contribution in [0.2, 0.25) is 5.02 Å². The van der Waals surface area contributed by atoms with Crippen molar-refractivity contribution < 1.29 is 4.39 Å². The minimum absolute atomic E-state index is 0.319. The lowest BCUT2D eigenvalue weighted by Gasteiger charge is -2.01. The fourth-order valence-corrected chi connectivity index (χ4v) is 3.74. The third-order valence-electron chi connectivity index (χ3n) is 4.94. The number of hydrogen-bond acceptors (Lipinski definition) is 2. The summed E-state index contributed by atoms with van der Waals surface area (Å²) >= 11 is 6.26. The van der Waals surface area contributed by atoms with Crippen molar-refractivity contribution in [3.8, 4) is 33.9 Å². The van der Waals surface area contributed by atoms with Crippen LogP contribution in [0.3, 0.4) is 0 Å².